The first-order valence-electron chi connectivity index (χ1n) is 25.3. The van der Waals surface area contributed by atoms with Crippen LogP contribution in [0.3, 0.4) is 0 Å². The van der Waals surface area contributed by atoms with Crippen molar-refractivity contribution in [2.45, 2.75) is 302 Å². The molecule has 0 bridgehead atoms. The molecule has 334 valence electrons. The number of hydrogen-bond acceptors (Lipinski definition) is 5. The Kier molecular flexibility index (Phi) is 44.0. The van der Waals surface area contributed by atoms with E-state index in [1.807, 2.05) is 0 Å². The molecule has 0 aromatic heterocycles. The van der Waals surface area contributed by atoms with Crippen molar-refractivity contribution in [2.75, 3.05) is 6.61 Å². The highest BCUT2D eigenvalue weighted by atomic mass is 16.5. The van der Waals surface area contributed by atoms with Crippen molar-refractivity contribution in [1.29, 1.82) is 0 Å². The fourth-order valence-corrected chi connectivity index (χ4v) is 8.08. The van der Waals surface area contributed by atoms with Crippen LogP contribution in [0.5, 0.6) is 0 Å². The zero-order valence-corrected chi connectivity index (χ0v) is 38.0. The van der Waals surface area contributed by atoms with Crippen LogP contribution in [0.4, 0.5) is 0 Å². The van der Waals surface area contributed by atoms with Gasteiger partial charge in [0.05, 0.1) is 25.2 Å². The average molecular weight is 794 g/mol. The maximum absolute atomic E-state index is 13.1. The highest BCUT2D eigenvalue weighted by Crippen LogP contribution is 2.19. The van der Waals surface area contributed by atoms with E-state index in [9.17, 15) is 19.8 Å². The largest absolute Gasteiger partial charge is 0.462 e. The zero-order valence-electron chi connectivity index (χ0n) is 38.0. The molecule has 6 nitrogen and oxygen atoms in total. The third-order valence-corrected chi connectivity index (χ3v) is 11.9. The predicted molar refractivity (Wildman–Crippen MR) is 241 cm³/mol. The van der Waals surface area contributed by atoms with Crippen molar-refractivity contribution >= 4 is 11.9 Å². The minimum absolute atomic E-state index is 0.0873. The molecule has 0 saturated carbocycles. The van der Waals surface area contributed by atoms with E-state index in [0.29, 0.717) is 19.3 Å². The Balaban J connectivity index is 4.48. The number of carbonyl (C=O) groups excluding carboxylic acids is 2. The highest BCUT2D eigenvalue weighted by Gasteiger charge is 2.24. The Morgan fingerprint density at radius 2 is 0.750 bits per heavy atom. The lowest BCUT2D eigenvalue weighted by Gasteiger charge is -2.24. The van der Waals surface area contributed by atoms with Crippen molar-refractivity contribution in [3.05, 3.63) is 0 Å². The van der Waals surface area contributed by atoms with Crippen LogP contribution < -0.4 is 5.32 Å². The maximum atomic E-state index is 13.1. The summed E-state index contributed by atoms with van der Waals surface area (Å²) in [5.41, 5.74) is 0. The Hall–Kier alpha value is -1.14. The maximum Gasteiger partial charge on any atom is 0.306 e. The quantitative estimate of drug-likeness (QED) is 0.0421. The number of carbonyl (C=O) groups is 2. The van der Waals surface area contributed by atoms with Crippen LogP contribution in [-0.4, -0.2) is 46.9 Å². The fraction of sp³-hybridized carbons (Fsp3) is 0.960. The van der Waals surface area contributed by atoms with Crippen LogP contribution in [0.1, 0.15) is 284 Å². The summed E-state index contributed by atoms with van der Waals surface area (Å²) >= 11 is 0. The minimum Gasteiger partial charge on any atom is -0.462 e. The molecule has 0 rings (SSSR count). The second-order valence-corrected chi connectivity index (χ2v) is 17.6. The van der Waals surface area contributed by atoms with Crippen LogP contribution in [0.15, 0.2) is 0 Å². The Morgan fingerprint density at radius 3 is 1.09 bits per heavy atom. The van der Waals surface area contributed by atoms with E-state index < -0.39 is 18.2 Å². The first kappa shape index (κ1) is 54.9. The van der Waals surface area contributed by atoms with Gasteiger partial charge in [-0.15, -0.1) is 0 Å². The van der Waals surface area contributed by atoms with Crippen LogP contribution in [0.2, 0.25) is 0 Å². The molecular formula is C50H99NO5. The van der Waals surface area contributed by atoms with Gasteiger partial charge in [-0.25, -0.2) is 0 Å². The summed E-state index contributed by atoms with van der Waals surface area (Å²) in [5, 5.41) is 23.6. The van der Waals surface area contributed by atoms with Crippen molar-refractivity contribution < 1.29 is 24.5 Å². The molecule has 0 aliphatic heterocycles. The fourth-order valence-electron chi connectivity index (χ4n) is 8.08. The van der Waals surface area contributed by atoms with Gasteiger partial charge >= 0.3 is 5.97 Å². The summed E-state index contributed by atoms with van der Waals surface area (Å²) < 4.78 is 5.93. The molecule has 0 spiro atoms. The van der Waals surface area contributed by atoms with E-state index in [1.165, 1.54) is 199 Å². The zero-order chi connectivity index (χ0) is 41.0. The van der Waals surface area contributed by atoms with Gasteiger partial charge in [0.2, 0.25) is 5.91 Å². The Morgan fingerprint density at radius 1 is 0.446 bits per heavy atom. The van der Waals surface area contributed by atoms with E-state index in [2.05, 4.69) is 26.1 Å². The van der Waals surface area contributed by atoms with E-state index in [-0.39, 0.29) is 24.9 Å². The summed E-state index contributed by atoms with van der Waals surface area (Å²) in [6.45, 7) is 6.49. The molecule has 0 aliphatic carbocycles. The summed E-state index contributed by atoms with van der Waals surface area (Å²) in [7, 11) is 0. The van der Waals surface area contributed by atoms with Crippen molar-refractivity contribution in [3.8, 4) is 0 Å². The molecule has 0 saturated heterocycles. The van der Waals surface area contributed by atoms with Crippen molar-refractivity contribution in [2.24, 2.45) is 0 Å². The number of nitrogens with one attached hydrogen (secondary N) is 1. The normalized spacial score (nSPS) is 13.2. The first-order valence-corrected chi connectivity index (χ1v) is 25.3. The minimum atomic E-state index is -0.777. The number of unbranched alkanes of at least 4 members (excludes halogenated alkanes) is 34. The molecular weight excluding hydrogens is 695 g/mol. The van der Waals surface area contributed by atoms with Gasteiger partial charge in [0.15, 0.2) is 0 Å². The number of ether oxygens (including phenoxy) is 1. The van der Waals surface area contributed by atoms with Gasteiger partial charge in [0.25, 0.3) is 0 Å². The smallest absolute Gasteiger partial charge is 0.306 e. The van der Waals surface area contributed by atoms with Gasteiger partial charge in [-0.1, -0.05) is 245 Å². The van der Waals surface area contributed by atoms with Crippen LogP contribution >= 0.6 is 0 Å². The van der Waals surface area contributed by atoms with E-state index in [1.54, 1.807) is 0 Å². The number of aliphatic hydroxyl groups excluding tert-OH is 2. The summed E-state index contributed by atoms with van der Waals surface area (Å²) in [6.07, 6.45) is 47.4. The van der Waals surface area contributed by atoms with Gasteiger partial charge in [-0.2, -0.15) is 0 Å². The molecule has 1 amide bonds. The number of hydrogen-bond donors (Lipinski definition) is 3. The molecule has 0 fully saturated rings. The third-order valence-electron chi connectivity index (χ3n) is 11.9. The van der Waals surface area contributed by atoms with Gasteiger partial charge < -0.3 is 20.3 Å². The molecule has 56 heavy (non-hydrogen) atoms. The van der Waals surface area contributed by atoms with Crippen LogP contribution in [0, 0.1) is 0 Å². The molecule has 0 aromatic rings. The van der Waals surface area contributed by atoms with Gasteiger partial charge in [-0.05, 0) is 25.7 Å². The standard InChI is InChI=1S/C50H99NO5/c1-4-7-10-13-16-19-21-23-24-25-26-28-31-34-37-40-43-50(55)56-46(41-38-35-32-30-27-22-20-17-14-11-8-5-2)44-49(54)51-47(45-52)48(53)42-39-36-33-29-18-15-12-9-6-3/h46-48,52-53H,4-45H2,1-3H3,(H,51,54). The Labute approximate surface area is 349 Å². The lowest BCUT2D eigenvalue weighted by Crippen LogP contribution is -2.46. The number of amides is 1. The lowest BCUT2D eigenvalue weighted by atomic mass is 10.0. The Bertz CT molecular complexity index is 806. The summed E-state index contributed by atoms with van der Waals surface area (Å²) in [4.78, 5) is 26.1. The summed E-state index contributed by atoms with van der Waals surface area (Å²) in [6, 6.07) is -0.690. The predicted octanol–water partition coefficient (Wildman–Crippen LogP) is 14.8. The molecule has 3 unspecified atom stereocenters. The van der Waals surface area contributed by atoms with Crippen molar-refractivity contribution in [3.63, 3.8) is 0 Å². The van der Waals surface area contributed by atoms with E-state index in [0.717, 1.165) is 38.5 Å². The van der Waals surface area contributed by atoms with Gasteiger partial charge in [-0.3, -0.25) is 9.59 Å². The molecule has 0 aromatic carbocycles. The first-order chi connectivity index (χ1) is 27.5. The summed E-state index contributed by atoms with van der Waals surface area (Å²) in [5.74, 6) is -0.453. The molecule has 6 heteroatoms. The molecule has 0 aliphatic rings. The molecule has 0 radical (unpaired) electrons. The highest BCUT2D eigenvalue weighted by molar-refractivity contribution is 5.77. The van der Waals surface area contributed by atoms with E-state index >= 15 is 0 Å². The number of aliphatic hydroxyl groups is 2. The van der Waals surface area contributed by atoms with E-state index in [4.69, 9.17) is 4.74 Å². The SMILES string of the molecule is CCCCCCCCCCCCCCCCCCC(=O)OC(CCCCCCCCCCCCCC)CC(=O)NC(CO)C(O)CCCCCCCCCCC. The topological polar surface area (TPSA) is 95.9 Å². The average Bonchev–Trinajstić information content (AvgIpc) is 3.19. The van der Waals surface area contributed by atoms with Gasteiger partial charge in [0, 0.05) is 6.42 Å². The number of rotatable bonds is 46. The molecule has 0 heterocycles. The molecule has 3 atom stereocenters. The third kappa shape index (κ3) is 39.7. The van der Waals surface area contributed by atoms with Crippen molar-refractivity contribution in [1.82, 2.24) is 5.32 Å². The van der Waals surface area contributed by atoms with Gasteiger partial charge in [0.1, 0.15) is 6.10 Å². The molecule has 3 N–H and O–H groups in total. The second kappa shape index (κ2) is 45.0. The second-order valence-electron chi connectivity index (χ2n) is 17.6. The number of esters is 1. The van der Waals surface area contributed by atoms with Crippen LogP contribution in [0.25, 0.3) is 0 Å². The van der Waals surface area contributed by atoms with Crippen LogP contribution in [-0.2, 0) is 14.3 Å². The monoisotopic (exact) mass is 794 g/mol. The lowest BCUT2D eigenvalue weighted by molar-refractivity contribution is -0.151.